The monoisotopic (exact) mass is 486 g/mol. The highest BCUT2D eigenvalue weighted by Gasteiger charge is 2.28. The first-order valence-corrected chi connectivity index (χ1v) is 12.4. The number of aromatic nitrogens is 2. The van der Waals surface area contributed by atoms with Crippen LogP contribution in [0.3, 0.4) is 0 Å². The van der Waals surface area contributed by atoms with Crippen LogP contribution in [0.4, 0.5) is 11.5 Å². The van der Waals surface area contributed by atoms with E-state index in [-0.39, 0.29) is 35.4 Å². The number of halogens is 1. The summed E-state index contributed by atoms with van der Waals surface area (Å²) < 4.78 is 30.2. The molecular formula is C23H23ClN4O4S. The molecule has 4 rings (SSSR count). The number of fused-ring (bicyclic) bond motifs is 1. The van der Waals surface area contributed by atoms with Gasteiger partial charge in [-0.1, -0.05) is 37.1 Å². The van der Waals surface area contributed by atoms with E-state index in [2.05, 4.69) is 15.1 Å². The molecule has 1 aromatic heterocycles. The molecular weight excluding hydrogens is 464 g/mol. The van der Waals surface area contributed by atoms with Crippen molar-refractivity contribution in [1.82, 2.24) is 9.78 Å². The normalized spacial score (nSPS) is 13.9. The van der Waals surface area contributed by atoms with Gasteiger partial charge in [0.05, 0.1) is 10.6 Å². The van der Waals surface area contributed by atoms with Crippen molar-refractivity contribution >= 4 is 44.9 Å². The molecule has 1 amide bonds. The Morgan fingerprint density at radius 1 is 1.12 bits per heavy atom. The smallest absolute Gasteiger partial charge is 0.262 e. The van der Waals surface area contributed by atoms with Crippen molar-refractivity contribution in [2.75, 3.05) is 10.0 Å². The average Bonchev–Trinajstić information content (AvgIpc) is 3.05. The number of sulfonamides is 1. The molecule has 0 bridgehead atoms. The van der Waals surface area contributed by atoms with Gasteiger partial charge in [0, 0.05) is 29.1 Å². The van der Waals surface area contributed by atoms with Gasteiger partial charge < -0.3 is 5.32 Å². The third kappa shape index (κ3) is 4.65. The minimum Gasteiger partial charge on any atom is -0.310 e. The molecule has 1 aliphatic rings. The third-order valence-corrected chi connectivity index (χ3v) is 7.14. The van der Waals surface area contributed by atoms with Crippen molar-refractivity contribution in [2.45, 2.75) is 44.4 Å². The maximum Gasteiger partial charge on any atom is 0.262 e. The Labute approximate surface area is 197 Å². The fourth-order valence-corrected chi connectivity index (χ4v) is 5.22. The molecule has 2 heterocycles. The zero-order valence-electron chi connectivity index (χ0n) is 18.2. The molecule has 0 radical (unpaired) electrons. The number of benzene rings is 2. The third-order valence-electron chi connectivity index (χ3n) is 5.37. The van der Waals surface area contributed by atoms with Crippen LogP contribution in [0, 0.1) is 6.92 Å². The topological polar surface area (TPSA) is 110 Å². The summed E-state index contributed by atoms with van der Waals surface area (Å²) in [6.45, 7) is 3.69. The van der Waals surface area contributed by atoms with E-state index in [4.69, 9.17) is 11.6 Å². The number of nitrogens with one attached hydrogen (secondary N) is 2. The van der Waals surface area contributed by atoms with Crippen molar-refractivity contribution in [3.05, 3.63) is 58.7 Å². The molecule has 2 N–H and O–H groups in total. The fraction of sp³-hybridized carbons (Fsp3) is 0.261. The first-order valence-electron chi connectivity index (χ1n) is 10.5. The summed E-state index contributed by atoms with van der Waals surface area (Å²) in [6, 6.07) is 11.4. The Bertz CT molecular complexity index is 1350. The Balaban J connectivity index is 1.83. The second kappa shape index (κ2) is 8.99. The van der Waals surface area contributed by atoms with Crippen LogP contribution in [0.1, 0.15) is 42.2 Å². The van der Waals surface area contributed by atoms with E-state index in [1.165, 1.54) is 4.68 Å². The zero-order valence-corrected chi connectivity index (χ0v) is 19.8. The van der Waals surface area contributed by atoms with Crippen LogP contribution < -0.4 is 10.0 Å². The van der Waals surface area contributed by atoms with Crippen LogP contribution in [0.2, 0.25) is 5.02 Å². The van der Waals surface area contributed by atoms with Gasteiger partial charge in [-0.2, -0.15) is 9.78 Å². The summed E-state index contributed by atoms with van der Waals surface area (Å²) in [5.41, 5.74) is 2.67. The van der Waals surface area contributed by atoms with Crippen molar-refractivity contribution in [3.63, 3.8) is 0 Å². The Hall–Kier alpha value is -3.17. The summed E-state index contributed by atoms with van der Waals surface area (Å²) in [5.74, 6) is -0.282. The van der Waals surface area contributed by atoms with Crippen molar-refractivity contribution < 1.29 is 18.0 Å². The predicted octanol–water partition coefficient (Wildman–Crippen LogP) is 4.64. The first kappa shape index (κ1) is 23.0. The standard InChI is InChI=1S/C23H23ClN4O4S/c1-3-4-18-22(23-25-20(29)11-12-21(30)28(23)26-18)15-6-5-14(2)19(13-15)33(31,32)27-17-9-7-16(24)8-10-17/h5-10,13,27H,3-4,11-12H2,1-2H3,(H,25,29). The molecule has 0 aliphatic carbocycles. The molecule has 3 aromatic rings. The predicted molar refractivity (Wildman–Crippen MR) is 127 cm³/mol. The van der Waals surface area contributed by atoms with E-state index >= 15 is 0 Å². The SMILES string of the molecule is CCCc1nn2c(c1-c1ccc(C)c(S(=O)(=O)Nc3ccc(Cl)cc3)c1)NC(=O)CCC2=O. The lowest BCUT2D eigenvalue weighted by Gasteiger charge is -2.13. The van der Waals surface area contributed by atoms with Crippen molar-refractivity contribution in [3.8, 4) is 11.1 Å². The van der Waals surface area contributed by atoms with Crippen LogP contribution in [0.15, 0.2) is 47.4 Å². The maximum absolute atomic E-state index is 13.2. The van der Waals surface area contributed by atoms with Gasteiger partial charge in [-0.3, -0.25) is 14.3 Å². The average molecular weight is 487 g/mol. The van der Waals surface area contributed by atoms with E-state index < -0.39 is 10.0 Å². The highest BCUT2D eigenvalue weighted by Crippen LogP contribution is 2.36. The number of hydrogen-bond acceptors (Lipinski definition) is 5. The van der Waals surface area contributed by atoms with Crippen LogP contribution in [0.25, 0.3) is 11.1 Å². The lowest BCUT2D eigenvalue weighted by molar-refractivity contribution is -0.116. The largest absolute Gasteiger partial charge is 0.310 e. The summed E-state index contributed by atoms with van der Waals surface area (Å²) in [7, 11) is -3.92. The molecule has 0 atom stereocenters. The van der Waals surface area contributed by atoms with Gasteiger partial charge in [-0.25, -0.2) is 8.42 Å². The Morgan fingerprint density at radius 2 is 1.85 bits per heavy atom. The van der Waals surface area contributed by atoms with Crippen molar-refractivity contribution in [2.24, 2.45) is 0 Å². The van der Waals surface area contributed by atoms with Gasteiger partial charge in [0.2, 0.25) is 11.8 Å². The van der Waals surface area contributed by atoms with Crippen LogP contribution in [-0.2, 0) is 21.2 Å². The van der Waals surface area contributed by atoms with Crippen LogP contribution in [-0.4, -0.2) is 30.0 Å². The highest BCUT2D eigenvalue weighted by molar-refractivity contribution is 7.92. The minimum atomic E-state index is -3.92. The lowest BCUT2D eigenvalue weighted by Crippen LogP contribution is -2.14. The summed E-state index contributed by atoms with van der Waals surface area (Å²) in [6.07, 6.45) is 1.46. The number of carbonyl (C=O) groups is 2. The van der Waals surface area contributed by atoms with E-state index in [1.807, 2.05) is 6.92 Å². The fourth-order valence-electron chi connectivity index (χ4n) is 3.77. The Kier molecular flexibility index (Phi) is 6.27. The maximum atomic E-state index is 13.2. The number of amides is 1. The van der Waals surface area contributed by atoms with Crippen LogP contribution in [0.5, 0.6) is 0 Å². The molecule has 33 heavy (non-hydrogen) atoms. The molecule has 8 nitrogen and oxygen atoms in total. The van der Waals surface area contributed by atoms with Gasteiger partial charge in [0.15, 0.2) is 0 Å². The molecule has 172 valence electrons. The van der Waals surface area contributed by atoms with E-state index in [0.717, 1.165) is 6.42 Å². The molecule has 0 unspecified atom stereocenters. The van der Waals surface area contributed by atoms with Gasteiger partial charge in [-0.15, -0.1) is 0 Å². The van der Waals surface area contributed by atoms with Crippen LogP contribution >= 0.6 is 11.6 Å². The molecule has 2 aromatic carbocycles. The molecule has 0 saturated carbocycles. The van der Waals surface area contributed by atoms with E-state index in [9.17, 15) is 18.0 Å². The Morgan fingerprint density at radius 3 is 2.55 bits per heavy atom. The number of carbonyl (C=O) groups excluding carboxylic acids is 2. The van der Waals surface area contributed by atoms with Crippen molar-refractivity contribution in [1.29, 1.82) is 0 Å². The second-order valence-electron chi connectivity index (χ2n) is 7.87. The van der Waals surface area contributed by atoms with E-state index in [1.54, 1.807) is 49.4 Å². The highest BCUT2D eigenvalue weighted by atomic mass is 35.5. The molecule has 10 heteroatoms. The number of nitrogens with zero attached hydrogens (tertiary/aromatic N) is 2. The van der Waals surface area contributed by atoms with Gasteiger partial charge >= 0.3 is 0 Å². The van der Waals surface area contributed by atoms with Gasteiger partial charge in [0.1, 0.15) is 5.82 Å². The van der Waals surface area contributed by atoms with Gasteiger partial charge in [0.25, 0.3) is 10.0 Å². The lowest BCUT2D eigenvalue weighted by atomic mass is 10.0. The first-order chi connectivity index (χ1) is 15.7. The molecule has 0 saturated heterocycles. The number of hydrogen-bond donors (Lipinski definition) is 2. The zero-order chi connectivity index (χ0) is 23.8. The second-order valence-corrected chi connectivity index (χ2v) is 9.95. The summed E-state index contributed by atoms with van der Waals surface area (Å²) in [5, 5.41) is 7.74. The molecule has 0 fully saturated rings. The summed E-state index contributed by atoms with van der Waals surface area (Å²) in [4.78, 5) is 24.9. The number of rotatable bonds is 6. The number of anilines is 2. The molecule has 0 spiro atoms. The summed E-state index contributed by atoms with van der Waals surface area (Å²) >= 11 is 5.89. The minimum absolute atomic E-state index is 0.0596. The number of aryl methyl sites for hydroxylation is 2. The molecule has 1 aliphatic heterocycles. The van der Waals surface area contributed by atoms with E-state index in [0.29, 0.717) is 39.5 Å². The quantitative estimate of drug-likeness (QED) is 0.527. The van der Waals surface area contributed by atoms with Gasteiger partial charge in [-0.05, 0) is 54.8 Å².